The van der Waals surface area contributed by atoms with Crippen LogP contribution in [0.25, 0.3) is 0 Å². The first kappa shape index (κ1) is 35.4. The number of ether oxygens (including phenoxy) is 2. The van der Waals surface area contributed by atoms with Crippen LogP contribution in [0.15, 0.2) is 0 Å². The second-order valence-corrected chi connectivity index (χ2v) is 22.7. The van der Waals surface area contributed by atoms with E-state index >= 15 is 0 Å². The van der Waals surface area contributed by atoms with Gasteiger partial charge in [0.05, 0.1) is 13.2 Å². The van der Waals surface area contributed by atoms with Crippen LogP contribution < -0.4 is 5.73 Å². The molecule has 1 heterocycles. The van der Waals surface area contributed by atoms with E-state index in [1.54, 1.807) is 0 Å². The van der Waals surface area contributed by atoms with Gasteiger partial charge in [-0.1, -0.05) is 76.2 Å². The summed E-state index contributed by atoms with van der Waals surface area (Å²) in [6, 6.07) is 1.87. The number of hydrogen-bond donors (Lipinski definition) is 1. The number of halogens is 2. The van der Waals surface area contributed by atoms with Crippen LogP contribution in [0.5, 0.6) is 0 Å². The van der Waals surface area contributed by atoms with Gasteiger partial charge < -0.3 is 15.2 Å². The molecule has 0 atom stereocenters. The summed E-state index contributed by atoms with van der Waals surface area (Å²) in [5, 5.41) is 2.26. The Labute approximate surface area is 223 Å². The van der Waals surface area contributed by atoms with E-state index in [0.29, 0.717) is 18.1 Å². The Hall–Kier alpha value is -0.766. The number of carbonyl (C=O) groups is 4. The molecule has 34 heavy (non-hydrogen) atoms. The Morgan fingerprint density at radius 3 is 1.71 bits per heavy atom. The van der Waals surface area contributed by atoms with E-state index in [1.807, 2.05) is 0 Å². The summed E-state index contributed by atoms with van der Waals surface area (Å²) in [5.41, 5.74) is 4.98. The minimum Gasteiger partial charge on any atom is -0.466 e. The zero-order chi connectivity index (χ0) is 26.8. The highest BCUT2D eigenvalue weighted by atomic mass is 79.9. The molecule has 1 aliphatic rings. The number of nitrogens with two attached hydrogens (primary N) is 1. The number of hydroxylamine groups is 2. The third-order valence-corrected chi connectivity index (χ3v) is 8.41. The van der Waals surface area contributed by atoms with Crippen LogP contribution in [0.3, 0.4) is 0 Å². The normalized spacial score (nSPS) is 13.4. The molecule has 1 saturated heterocycles. The average molecular weight is 651 g/mol. The summed E-state index contributed by atoms with van der Waals surface area (Å²) in [5.74, 6) is -1.06. The van der Waals surface area contributed by atoms with Gasteiger partial charge in [0.15, 0.2) is 0 Å². The average Bonchev–Trinajstić information content (AvgIpc) is 3.03. The summed E-state index contributed by atoms with van der Waals surface area (Å²) in [7, 11) is -2.32. The Kier molecular flexibility index (Phi) is 20.2. The van der Waals surface area contributed by atoms with Crippen LogP contribution in [0.2, 0.25) is 51.4 Å². The lowest BCUT2D eigenvalue weighted by atomic mass is 10.3. The second kappa shape index (κ2) is 19.4. The topological polar surface area (TPSA) is 125 Å². The van der Waals surface area contributed by atoms with Crippen molar-refractivity contribution in [3.05, 3.63) is 0 Å². The zero-order valence-corrected chi connectivity index (χ0v) is 26.6. The number of hydrogen-bond acceptors (Lipinski definition) is 8. The smallest absolute Gasteiger partial charge is 0.466 e. The Morgan fingerprint density at radius 1 is 0.882 bits per heavy atom. The van der Waals surface area contributed by atoms with Crippen LogP contribution in [0.4, 0.5) is 4.79 Å². The SMILES string of the molecule is C[Si](C)(C)CCOC(=O)CCCBr.C[Si](C)(C)CCOC(=O)ON1C(=O)CCC1=O.NCCBr. The molecule has 0 unspecified atom stereocenters. The summed E-state index contributed by atoms with van der Waals surface area (Å²) < 4.78 is 9.90. The van der Waals surface area contributed by atoms with Gasteiger partial charge in [-0.3, -0.25) is 19.2 Å². The van der Waals surface area contributed by atoms with Gasteiger partial charge in [-0.05, 0) is 18.5 Å². The summed E-state index contributed by atoms with van der Waals surface area (Å²) in [4.78, 5) is 49.1. The van der Waals surface area contributed by atoms with E-state index in [-0.39, 0.29) is 25.4 Å². The van der Waals surface area contributed by atoms with E-state index in [0.717, 1.165) is 35.7 Å². The van der Waals surface area contributed by atoms with E-state index in [9.17, 15) is 19.2 Å². The van der Waals surface area contributed by atoms with Crippen LogP contribution in [-0.2, 0) is 28.7 Å². The van der Waals surface area contributed by atoms with Crippen LogP contribution in [0.1, 0.15) is 25.7 Å². The monoisotopic (exact) mass is 648 g/mol. The third-order valence-electron chi connectivity index (χ3n) is 3.98. The van der Waals surface area contributed by atoms with Gasteiger partial charge in [0.1, 0.15) is 0 Å². The quantitative estimate of drug-likeness (QED) is 0.145. The van der Waals surface area contributed by atoms with E-state index in [2.05, 4.69) is 76.0 Å². The lowest BCUT2D eigenvalue weighted by Gasteiger charge is -2.16. The number of carbonyl (C=O) groups excluding carboxylic acids is 4. The molecule has 0 saturated carbocycles. The predicted molar refractivity (Wildman–Crippen MR) is 147 cm³/mol. The fourth-order valence-electron chi connectivity index (χ4n) is 1.95. The zero-order valence-electron chi connectivity index (χ0n) is 21.4. The van der Waals surface area contributed by atoms with Gasteiger partial charge in [0.2, 0.25) is 0 Å². The molecular formula is C21H42Br2N2O7Si2. The summed E-state index contributed by atoms with van der Waals surface area (Å²) >= 11 is 6.40. The minimum absolute atomic E-state index is 0.0577. The van der Waals surface area contributed by atoms with Crippen LogP contribution in [0, 0.1) is 0 Å². The van der Waals surface area contributed by atoms with Crippen LogP contribution in [-0.4, -0.2) is 75.6 Å². The lowest BCUT2D eigenvalue weighted by Crippen LogP contribution is -2.33. The highest BCUT2D eigenvalue weighted by molar-refractivity contribution is 9.09. The van der Waals surface area contributed by atoms with E-state index in [1.165, 1.54) is 0 Å². The maximum Gasteiger partial charge on any atom is 0.533 e. The number of imide groups is 1. The molecular weight excluding hydrogens is 608 g/mol. The van der Waals surface area contributed by atoms with E-state index in [4.69, 9.17) is 15.2 Å². The molecule has 1 rings (SSSR count). The number of amides is 2. The molecule has 0 bridgehead atoms. The third kappa shape index (κ3) is 23.0. The molecule has 0 spiro atoms. The van der Waals surface area contributed by atoms with Crippen molar-refractivity contribution in [2.75, 3.05) is 30.4 Å². The minimum atomic E-state index is -1.28. The molecule has 0 aromatic carbocycles. The first-order valence-corrected chi connectivity index (χ1v) is 21.0. The molecule has 200 valence electrons. The number of alkyl halides is 2. The van der Waals surface area contributed by atoms with Gasteiger partial charge in [-0.15, -0.1) is 0 Å². The first-order valence-electron chi connectivity index (χ1n) is 11.3. The number of rotatable bonds is 11. The summed E-state index contributed by atoms with van der Waals surface area (Å²) in [6.07, 6.45) is 0.581. The lowest BCUT2D eigenvalue weighted by molar-refractivity contribution is -0.176. The van der Waals surface area contributed by atoms with Gasteiger partial charge in [0, 0.05) is 52.6 Å². The summed E-state index contributed by atoms with van der Waals surface area (Å²) in [6.45, 7) is 14.9. The predicted octanol–water partition coefficient (Wildman–Crippen LogP) is 4.92. The number of esters is 1. The Morgan fingerprint density at radius 2 is 1.32 bits per heavy atom. The highest BCUT2D eigenvalue weighted by Gasteiger charge is 2.33. The van der Waals surface area contributed by atoms with Gasteiger partial charge >= 0.3 is 12.1 Å². The standard InChI is InChI=1S/C10H17NO5Si.C9H19BrO2Si.C2H6BrN/c1-17(2,3)7-6-15-10(14)16-11-8(12)4-5-9(11)13;1-13(2,3)8-7-12-9(11)5-4-6-10;3-1-2-4/h4-7H2,1-3H3;4-8H2,1-3H3;1-2,4H2. The van der Waals surface area contributed by atoms with Gasteiger partial charge in [-0.2, -0.15) is 0 Å². The highest BCUT2D eigenvalue weighted by Crippen LogP contribution is 2.13. The first-order chi connectivity index (χ1) is 15.7. The van der Waals surface area contributed by atoms with Crippen molar-refractivity contribution in [2.24, 2.45) is 5.73 Å². The molecule has 13 heteroatoms. The maximum absolute atomic E-state index is 11.2. The Bertz CT molecular complexity index is 609. The van der Waals surface area contributed by atoms with Crippen molar-refractivity contribution >= 4 is 71.9 Å². The Balaban J connectivity index is 0. The van der Waals surface area contributed by atoms with E-state index < -0.39 is 34.1 Å². The van der Waals surface area contributed by atoms with Crippen molar-refractivity contribution in [2.45, 2.75) is 77.1 Å². The molecule has 1 aliphatic heterocycles. The molecule has 0 aromatic rings. The molecule has 0 aromatic heterocycles. The number of nitrogens with zero attached hydrogens (tertiary/aromatic N) is 1. The van der Waals surface area contributed by atoms with Gasteiger partial charge in [-0.25, -0.2) is 4.79 Å². The fraction of sp³-hybridized carbons (Fsp3) is 0.810. The second-order valence-electron chi connectivity index (χ2n) is 9.88. The van der Waals surface area contributed by atoms with Crippen molar-refractivity contribution in [1.82, 2.24) is 5.06 Å². The maximum atomic E-state index is 11.2. The van der Waals surface area contributed by atoms with Crippen molar-refractivity contribution in [3.63, 3.8) is 0 Å². The molecule has 2 N–H and O–H groups in total. The largest absolute Gasteiger partial charge is 0.533 e. The van der Waals surface area contributed by atoms with Crippen molar-refractivity contribution < 1.29 is 33.5 Å². The van der Waals surface area contributed by atoms with Crippen molar-refractivity contribution in [3.8, 4) is 0 Å². The fourth-order valence-corrected chi connectivity index (χ4v) is 3.66. The van der Waals surface area contributed by atoms with Gasteiger partial charge in [0.25, 0.3) is 11.8 Å². The van der Waals surface area contributed by atoms with Crippen molar-refractivity contribution in [1.29, 1.82) is 0 Å². The molecule has 0 aliphatic carbocycles. The molecule has 2 amide bonds. The molecule has 9 nitrogen and oxygen atoms in total. The van der Waals surface area contributed by atoms with Crippen LogP contribution >= 0.6 is 31.9 Å². The molecule has 0 radical (unpaired) electrons. The molecule has 1 fully saturated rings.